The fourth-order valence-electron chi connectivity index (χ4n) is 1.46. The quantitative estimate of drug-likeness (QED) is 0.446. The number of fused-ring (bicyclic) bond motifs is 1. The molecule has 0 unspecified atom stereocenters. The zero-order valence-corrected chi connectivity index (χ0v) is 8.15. The summed E-state index contributed by atoms with van der Waals surface area (Å²) >= 11 is 0. The standard InChI is InChI=1S/C8H8N8/c9-14-6-3-15-2-1-11-7(15)8(13-6)16-5-10-4-12-16/h1-5,14H,9H2. The average molecular weight is 216 g/mol. The van der Waals surface area contributed by atoms with Crippen LogP contribution in [0.1, 0.15) is 0 Å². The van der Waals surface area contributed by atoms with Gasteiger partial charge >= 0.3 is 0 Å². The number of nitrogens with two attached hydrogens (primary N) is 1. The fourth-order valence-corrected chi connectivity index (χ4v) is 1.46. The molecule has 0 atom stereocenters. The predicted octanol–water partition coefficient (Wildman–Crippen LogP) is -0.404. The minimum Gasteiger partial charge on any atom is -0.307 e. The number of rotatable bonds is 2. The van der Waals surface area contributed by atoms with Crippen LogP contribution in [0.3, 0.4) is 0 Å². The third-order valence-electron chi connectivity index (χ3n) is 2.14. The van der Waals surface area contributed by atoms with Crippen LogP contribution in [-0.2, 0) is 0 Å². The molecule has 0 aromatic carbocycles. The van der Waals surface area contributed by atoms with Crippen LogP contribution in [0.2, 0.25) is 0 Å². The van der Waals surface area contributed by atoms with Crippen LogP contribution in [0, 0.1) is 0 Å². The molecule has 0 aliphatic rings. The smallest absolute Gasteiger partial charge is 0.201 e. The molecule has 0 saturated heterocycles. The Kier molecular flexibility index (Phi) is 1.80. The highest BCUT2D eigenvalue weighted by Crippen LogP contribution is 2.13. The van der Waals surface area contributed by atoms with Crippen molar-refractivity contribution in [3.63, 3.8) is 0 Å². The van der Waals surface area contributed by atoms with Crippen LogP contribution < -0.4 is 11.3 Å². The first-order valence-electron chi connectivity index (χ1n) is 4.54. The van der Waals surface area contributed by atoms with Crippen LogP contribution in [-0.4, -0.2) is 29.1 Å². The van der Waals surface area contributed by atoms with Crippen molar-refractivity contribution in [2.45, 2.75) is 0 Å². The fraction of sp³-hybridized carbons (Fsp3) is 0. The van der Waals surface area contributed by atoms with E-state index < -0.39 is 0 Å². The maximum atomic E-state index is 5.34. The Morgan fingerprint density at radius 1 is 1.38 bits per heavy atom. The summed E-state index contributed by atoms with van der Waals surface area (Å²) in [6.45, 7) is 0. The van der Waals surface area contributed by atoms with E-state index in [9.17, 15) is 0 Å². The Labute approximate surface area is 89.7 Å². The van der Waals surface area contributed by atoms with E-state index in [0.717, 1.165) is 0 Å². The van der Waals surface area contributed by atoms with Crippen LogP contribution >= 0.6 is 0 Å². The first kappa shape index (κ1) is 8.80. The van der Waals surface area contributed by atoms with Gasteiger partial charge < -0.3 is 9.83 Å². The largest absolute Gasteiger partial charge is 0.307 e. The summed E-state index contributed by atoms with van der Waals surface area (Å²) in [6.07, 6.45) is 8.21. The third-order valence-corrected chi connectivity index (χ3v) is 2.14. The molecule has 0 radical (unpaired) electrons. The van der Waals surface area contributed by atoms with E-state index in [1.54, 1.807) is 29.3 Å². The molecule has 3 aromatic rings. The van der Waals surface area contributed by atoms with E-state index in [1.165, 1.54) is 11.0 Å². The van der Waals surface area contributed by atoms with Gasteiger partial charge in [-0.2, -0.15) is 9.78 Å². The minimum atomic E-state index is 0.524. The van der Waals surface area contributed by atoms with Crippen molar-refractivity contribution in [3.05, 3.63) is 31.2 Å². The van der Waals surface area contributed by atoms with Gasteiger partial charge in [0.05, 0.1) is 6.20 Å². The Morgan fingerprint density at radius 3 is 3.06 bits per heavy atom. The molecule has 0 fully saturated rings. The van der Waals surface area contributed by atoms with Crippen molar-refractivity contribution in [2.24, 2.45) is 5.84 Å². The van der Waals surface area contributed by atoms with E-state index in [1.807, 2.05) is 0 Å². The summed E-state index contributed by atoms with van der Waals surface area (Å²) in [6, 6.07) is 0. The molecule has 0 aliphatic carbocycles. The summed E-state index contributed by atoms with van der Waals surface area (Å²) in [4.78, 5) is 12.3. The maximum Gasteiger partial charge on any atom is 0.201 e. The molecule has 3 N–H and O–H groups in total. The second-order valence-corrected chi connectivity index (χ2v) is 3.09. The average Bonchev–Trinajstić information content (AvgIpc) is 2.98. The lowest BCUT2D eigenvalue weighted by Gasteiger charge is -2.05. The molecule has 0 aliphatic heterocycles. The number of aromatic nitrogens is 6. The second kappa shape index (κ2) is 3.28. The summed E-state index contributed by atoms with van der Waals surface area (Å²) in [7, 11) is 0. The number of anilines is 1. The van der Waals surface area contributed by atoms with Crippen LogP contribution in [0.25, 0.3) is 11.5 Å². The molecule has 3 rings (SSSR count). The topological polar surface area (TPSA) is 98.9 Å². The second-order valence-electron chi connectivity index (χ2n) is 3.09. The molecular formula is C8H8N8. The molecular weight excluding hydrogens is 208 g/mol. The van der Waals surface area contributed by atoms with Gasteiger partial charge in [-0.15, -0.1) is 0 Å². The summed E-state index contributed by atoms with van der Waals surface area (Å²) in [5.74, 6) is 6.43. The number of nitrogens with zero attached hydrogens (tertiary/aromatic N) is 6. The first-order valence-corrected chi connectivity index (χ1v) is 4.54. The highest BCUT2D eigenvalue weighted by molar-refractivity contribution is 5.57. The molecule has 16 heavy (non-hydrogen) atoms. The van der Waals surface area contributed by atoms with Crippen molar-refractivity contribution >= 4 is 11.5 Å². The molecule has 3 heterocycles. The highest BCUT2D eigenvalue weighted by Gasteiger charge is 2.09. The lowest BCUT2D eigenvalue weighted by Crippen LogP contribution is -2.12. The molecule has 8 nitrogen and oxygen atoms in total. The van der Waals surface area contributed by atoms with E-state index in [0.29, 0.717) is 17.3 Å². The number of nitrogens with one attached hydrogen (secondary N) is 1. The molecule has 80 valence electrons. The van der Waals surface area contributed by atoms with Gasteiger partial charge in [-0.3, -0.25) is 0 Å². The first-order chi connectivity index (χ1) is 7.88. The van der Waals surface area contributed by atoms with Gasteiger partial charge in [0.25, 0.3) is 0 Å². The minimum absolute atomic E-state index is 0.524. The van der Waals surface area contributed by atoms with Crippen molar-refractivity contribution < 1.29 is 0 Å². The van der Waals surface area contributed by atoms with Crippen LogP contribution in [0.4, 0.5) is 5.82 Å². The number of hydrogen-bond donors (Lipinski definition) is 2. The number of nitrogen functional groups attached to an aromatic ring is 1. The Morgan fingerprint density at radius 2 is 2.31 bits per heavy atom. The van der Waals surface area contributed by atoms with Crippen molar-refractivity contribution in [3.8, 4) is 5.82 Å². The molecule has 0 spiro atoms. The number of imidazole rings is 1. The van der Waals surface area contributed by atoms with Gasteiger partial charge in [-0.25, -0.2) is 20.8 Å². The van der Waals surface area contributed by atoms with Gasteiger partial charge in [-0.05, 0) is 0 Å². The normalized spacial score (nSPS) is 10.8. The number of hydrazine groups is 1. The van der Waals surface area contributed by atoms with Crippen LogP contribution in [0.5, 0.6) is 0 Å². The lowest BCUT2D eigenvalue weighted by atomic mass is 10.5. The monoisotopic (exact) mass is 216 g/mol. The van der Waals surface area contributed by atoms with E-state index in [4.69, 9.17) is 5.84 Å². The molecule has 0 bridgehead atoms. The highest BCUT2D eigenvalue weighted by atomic mass is 15.4. The zero-order valence-electron chi connectivity index (χ0n) is 8.15. The number of hydrogen-bond acceptors (Lipinski definition) is 6. The molecule has 0 amide bonds. The Bertz CT molecular complexity index is 610. The molecule has 0 saturated carbocycles. The van der Waals surface area contributed by atoms with Gasteiger partial charge in [0.2, 0.25) is 5.82 Å². The van der Waals surface area contributed by atoms with Gasteiger partial charge in [0.1, 0.15) is 12.7 Å². The van der Waals surface area contributed by atoms with Gasteiger partial charge in [-0.1, -0.05) is 0 Å². The zero-order chi connectivity index (χ0) is 11.0. The maximum absolute atomic E-state index is 5.34. The van der Waals surface area contributed by atoms with E-state index in [2.05, 4.69) is 25.5 Å². The SMILES string of the molecule is NNc1cn2ccnc2c(-n2cncn2)n1. The Hall–Kier alpha value is -2.48. The Balaban J connectivity index is 2.33. The lowest BCUT2D eigenvalue weighted by molar-refractivity contribution is 0.840. The summed E-state index contributed by atoms with van der Waals surface area (Å²) < 4.78 is 3.34. The van der Waals surface area contributed by atoms with Crippen molar-refractivity contribution in [1.29, 1.82) is 0 Å². The van der Waals surface area contributed by atoms with Gasteiger partial charge in [0, 0.05) is 12.4 Å². The van der Waals surface area contributed by atoms with Gasteiger partial charge in [0.15, 0.2) is 11.5 Å². The van der Waals surface area contributed by atoms with Crippen molar-refractivity contribution in [1.82, 2.24) is 29.1 Å². The predicted molar refractivity (Wildman–Crippen MR) is 55.7 cm³/mol. The summed E-state index contributed by atoms with van der Waals surface area (Å²) in [5, 5.41) is 4.01. The van der Waals surface area contributed by atoms with Crippen LogP contribution in [0.15, 0.2) is 31.2 Å². The van der Waals surface area contributed by atoms with E-state index in [-0.39, 0.29) is 0 Å². The third kappa shape index (κ3) is 1.21. The van der Waals surface area contributed by atoms with Crippen molar-refractivity contribution in [2.75, 3.05) is 5.43 Å². The molecule has 8 heteroatoms. The van der Waals surface area contributed by atoms with E-state index >= 15 is 0 Å². The molecule has 3 aromatic heterocycles. The summed E-state index contributed by atoms with van der Waals surface area (Å²) in [5.41, 5.74) is 3.17.